The number of nitrogens with one attached hydrogen (secondary N) is 1. The molecule has 0 aromatic heterocycles. The predicted molar refractivity (Wildman–Crippen MR) is 109 cm³/mol. The molecule has 1 N–H and O–H groups in total. The number of halogens is 2. The van der Waals surface area contributed by atoms with E-state index >= 15 is 0 Å². The average Bonchev–Trinajstić information content (AvgIpc) is 2.72. The van der Waals surface area contributed by atoms with Crippen LogP contribution in [0.15, 0.2) is 60.7 Å². The van der Waals surface area contributed by atoms with Gasteiger partial charge in [-0.1, -0.05) is 23.7 Å². The molecule has 4 nitrogen and oxygen atoms in total. The highest BCUT2D eigenvalue weighted by Gasteiger charge is 2.08. The molecular weight excluding hydrogens is 381 g/mol. The van der Waals surface area contributed by atoms with Gasteiger partial charge >= 0.3 is 0 Å². The van der Waals surface area contributed by atoms with Crippen LogP contribution in [0.1, 0.15) is 11.1 Å². The summed E-state index contributed by atoms with van der Waals surface area (Å²) in [6, 6.07) is 17.7. The van der Waals surface area contributed by atoms with Crippen LogP contribution in [0.3, 0.4) is 0 Å². The molecule has 0 fully saturated rings. The Labute approximate surface area is 168 Å². The topological polar surface area (TPSA) is 39.7 Å². The van der Waals surface area contributed by atoms with Crippen molar-refractivity contribution in [2.45, 2.75) is 13.2 Å². The van der Waals surface area contributed by atoms with Crippen LogP contribution in [0.5, 0.6) is 17.2 Å². The van der Waals surface area contributed by atoms with Crippen LogP contribution in [0.2, 0.25) is 5.02 Å². The summed E-state index contributed by atoms with van der Waals surface area (Å²) in [5.74, 6) is 1.65. The molecule has 6 heteroatoms. The van der Waals surface area contributed by atoms with Crippen molar-refractivity contribution < 1.29 is 18.6 Å². The van der Waals surface area contributed by atoms with E-state index in [0.717, 1.165) is 17.0 Å². The Hall–Kier alpha value is -2.92. The van der Waals surface area contributed by atoms with Gasteiger partial charge in [-0.2, -0.15) is 0 Å². The maximum absolute atomic E-state index is 13.1. The average molecular weight is 402 g/mol. The van der Waals surface area contributed by atoms with Gasteiger partial charge in [0.1, 0.15) is 18.2 Å². The van der Waals surface area contributed by atoms with E-state index in [9.17, 15) is 4.39 Å². The van der Waals surface area contributed by atoms with Crippen molar-refractivity contribution in [2.24, 2.45) is 0 Å². The normalized spacial score (nSPS) is 10.4. The van der Waals surface area contributed by atoms with Crippen LogP contribution >= 0.6 is 11.6 Å². The van der Waals surface area contributed by atoms with Crippen molar-refractivity contribution in [3.8, 4) is 17.2 Å². The van der Waals surface area contributed by atoms with Gasteiger partial charge in [-0.05, 0) is 54.1 Å². The van der Waals surface area contributed by atoms with E-state index in [1.807, 2.05) is 42.5 Å². The third-order valence-corrected chi connectivity index (χ3v) is 4.56. The molecule has 0 aliphatic carbocycles. The highest BCUT2D eigenvalue weighted by molar-refractivity contribution is 6.31. The van der Waals surface area contributed by atoms with Crippen LogP contribution in [0, 0.1) is 5.82 Å². The van der Waals surface area contributed by atoms with Crippen LogP contribution < -0.4 is 19.5 Å². The van der Waals surface area contributed by atoms with E-state index in [1.165, 1.54) is 12.1 Å². The van der Waals surface area contributed by atoms with E-state index in [2.05, 4.69) is 5.32 Å². The fourth-order valence-corrected chi connectivity index (χ4v) is 2.87. The van der Waals surface area contributed by atoms with Crippen LogP contribution in [0.25, 0.3) is 0 Å². The summed E-state index contributed by atoms with van der Waals surface area (Å²) in [4.78, 5) is 0. The fraction of sp³-hybridized carbons (Fsp3) is 0.182. The summed E-state index contributed by atoms with van der Waals surface area (Å²) in [6.07, 6.45) is 0. The molecule has 0 spiro atoms. The molecule has 0 amide bonds. The predicted octanol–water partition coefficient (Wildman–Crippen LogP) is 5.69. The van der Waals surface area contributed by atoms with Crippen LogP contribution in [0.4, 0.5) is 10.1 Å². The first-order chi connectivity index (χ1) is 13.6. The maximum Gasteiger partial charge on any atom is 0.161 e. The zero-order valence-corrected chi connectivity index (χ0v) is 16.4. The number of ether oxygens (including phenoxy) is 3. The molecule has 0 radical (unpaired) electrons. The Bertz CT molecular complexity index is 932. The summed E-state index contributed by atoms with van der Waals surface area (Å²) in [5.41, 5.74) is 2.74. The van der Waals surface area contributed by atoms with Gasteiger partial charge in [0.2, 0.25) is 0 Å². The van der Waals surface area contributed by atoms with Gasteiger partial charge in [-0.3, -0.25) is 0 Å². The lowest BCUT2D eigenvalue weighted by Gasteiger charge is -2.14. The first kappa shape index (κ1) is 19.8. The third kappa shape index (κ3) is 5.08. The Balaban J connectivity index is 1.64. The monoisotopic (exact) mass is 401 g/mol. The lowest BCUT2D eigenvalue weighted by molar-refractivity contribution is 0.284. The standard InChI is InChI=1S/C22H21ClFNO3/c1-26-19-8-6-18(7-9-19)25-13-15-3-10-21(22(11-15)27-2)28-14-16-4-5-17(24)12-20(16)23/h3-12,25H,13-14H2,1-2H3. The van der Waals surface area contributed by atoms with Crippen LogP contribution in [-0.2, 0) is 13.2 Å². The number of benzene rings is 3. The summed E-state index contributed by atoms with van der Waals surface area (Å²) in [5, 5.41) is 3.68. The van der Waals surface area contributed by atoms with E-state index in [-0.39, 0.29) is 12.4 Å². The molecule has 0 saturated heterocycles. The van der Waals surface area contributed by atoms with Gasteiger partial charge in [-0.15, -0.1) is 0 Å². The lowest BCUT2D eigenvalue weighted by Crippen LogP contribution is -2.02. The molecular formula is C22H21ClFNO3. The minimum Gasteiger partial charge on any atom is -0.497 e. The molecule has 0 saturated carbocycles. The van der Waals surface area contributed by atoms with Gasteiger partial charge < -0.3 is 19.5 Å². The van der Waals surface area contributed by atoms with E-state index in [1.54, 1.807) is 20.3 Å². The SMILES string of the molecule is COc1ccc(NCc2ccc(OCc3ccc(F)cc3Cl)c(OC)c2)cc1. The minimum atomic E-state index is -0.375. The second-order valence-corrected chi connectivity index (χ2v) is 6.50. The molecule has 28 heavy (non-hydrogen) atoms. The van der Waals surface area contributed by atoms with Gasteiger partial charge in [0.25, 0.3) is 0 Å². The fourth-order valence-electron chi connectivity index (χ4n) is 2.65. The third-order valence-electron chi connectivity index (χ3n) is 4.21. The number of rotatable bonds is 8. The maximum atomic E-state index is 13.1. The van der Waals surface area contributed by atoms with Gasteiger partial charge in [0.05, 0.1) is 19.2 Å². The van der Waals surface area contributed by atoms with E-state index in [0.29, 0.717) is 28.6 Å². The Kier molecular flexibility index (Phi) is 6.61. The molecule has 0 unspecified atom stereocenters. The Morgan fingerprint density at radius 3 is 2.36 bits per heavy atom. The zero-order valence-electron chi connectivity index (χ0n) is 15.7. The highest BCUT2D eigenvalue weighted by atomic mass is 35.5. The number of methoxy groups -OCH3 is 2. The lowest BCUT2D eigenvalue weighted by atomic mass is 10.2. The van der Waals surface area contributed by atoms with Gasteiger partial charge in [0, 0.05) is 17.8 Å². The first-order valence-corrected chi connectivity index (χ1v) is 9.08. The van der Waals surface area contributed by atoms with Gasteiger partial charge in [0.15, 0.2) is 11.5 Å². The van der Waals surface area contributed by atoms with Crippen molar-refractivity contribution in [3.63, 3.8) is 0 Å². The van der Waals surface area contributed by atoms with Crippen molar-refractivity contribution in [3.05, 3.63) is 82.6 Å². The smallest absolute Gasteiger partial charge is 0.161 e. The highest BCUT2D eigenvalue weighted by Crippen LogP contribution is 2.30. The second kappa shape index (κ2) is 9.33. The van der Waals surface area contributed by atoms with Crippen molar-refractivity contribution in [1.29, 1.82) is 0 Å². The zero-order chi connectivity index (χ0) is 19.9. The number of anilines is 1. The van der Waals surface area contributed by atoms with Crippen molar-refractivity contribution >= 4 is 17.3 Å². The number of hydrogen-bond donors (Lipinski definition) is 1. The summed E-state index contributed by atoms with van der Waals surface area (Å²) >= 11 is 6.05. The molecule has 0 aliphatic heterocycles. The quantitative estimate of drug-likeness (QED) is 0.526. The number of hydrogen-bond acceptors (Lipinski definition) is 4. The molecule has 146 valence electrons. The Morgan fingerprint density at radius 1 is 0.893 bits per heavy atom. The largest absolute Gasteiger partial charge is 0.497 e. The summed E-state index contributed by atoms with van der Waals surface area (Å²) in [7, 11) is 3.23. The summed E-state index contributed by atoms with van der Waals surface area (Å²) in [6.45, 7) is 0.853. The molecule has 3 rings (SSSR count). The van der Waals surface area contributed by atoms with Crippen LogP contribution in [-0.4, -0.2) is 14.2 Å². The second-order valence-electron chi connectivity index (χ2n) is 6.09. The molecule has 3 aromatic carbocycles. The van der Waals surface area contributed by atoms with E-state index in [4.69, 9.17) is 25.8 Å². The molecule has 0 atom stereocenters. The minimum absolute atomic E-state index is 0.221. The molecule has 0 bridgehead atoms. The van der Waals surface area contributed by atoms with Crippen molar-refractivity contribution in [1.82, 2.24) is 0 Å². The molecule has 0 heterocycles. The molecule has 3 aromatic rings. The van der Waals surface area contributed by atoms with Crippen molar-refractivity contribution in [2.75, 3.05) is 19.5 Å². The first-order valence-electron chi connectivity index (χ1n) is 8.70. The summed E-state index contributed by atoms with van der Waals surface area (Å²) < 4.78 is 29.6. The van der Waals surface area contributed by atoms with E-state index < -0.39 is 0 Å². The molecule has 0 aliphatic rings. The Morgan fingerprint density at radius 2 is 1.68 bits per heavy atom. The van der Waals surface area contributed by atoms with Gasteiger partial charge in [-0.25, -0.2) is 4.39 Å².